The Kier molecular flexibility index (Phi) is 3.23. The summed E-state index contributed by atoms with van der Waals surface area (Å²) in [6.07, 6.45) is 0. The van der Waals surface area contributed by atoms with Crippen molar-refractivity contribution in [2.24, 2.45) is 0 Å². The number of nitrogens with one attached hydrogen (secondary N) is 1. The molecule has 0 spiro atoms. The lowest BCUT2D eigenvalue weighted by atomic mass is 10.1. The summed E-state index contributed by atoms with van der Waals surface area (Å²) < 4.78 is 15.7. The summed E-state index contributed by atoms with van der Waals surface area (Å²) >= 11 is 0. The standard InChI is InChI=1S/C18H13NO5/c1-10-6-17(20)24-15-8-12(3-4-13(10)15)19-18(21)11-2-5-14-16(7-11)23-9-22-14/h2-8H,9H2,1H3,(H,19,21). The Labute approximate surface area is 136 Å². The van der Waals surface area contributed by atoms with Gasteiger partial charge in [0.2, 0.25) is 6.79 Å². The van der Waals surface area contributed by atoms with Crippen molar-refractivity contribution in [2.75, 3.05) is 12.1 Å². The Balaban J connectivity index is 1.64. The molecule has 0 fully saturated rings. The van der Waals surface area contributed by atoms with E-state index in [9.17, 15) is 9.59 Å². The Morgan fingerprint density at radius 1 is 1.04 bits per heavy atom. The first-order chi connectivity index (χ1) is 11.6. The molecule has 3 aromatic rings. The van der Waals surface area contributed by atoms with Gasteiger partial charge in [0.25, 0.3) is 5.91 Å². The predicted octanol–water partition coefficient (Wildman–Crippen LogP) is 3.08. The second kappa shape index (κ2) is 5.42. The number of amides is 1. The molecule has 0 saturated heterocycles. The molecule has 4 rings (SSSR count). The highest BCUT2D eigenvalue weighted by Gasteiger charge is 2.16. The number of hydrogen-bond donors (Lipinski definition) is 1. The largest absolute Gasteiger partial charge is 0.454 e. The van der Waals surface area contributed by atoms with Gasteiger partial charge in [-0.15, -0.1) is 0 Å². The van der Waals surface area contributed by atoms with E-state index >= 15 is 0 Å². The minimum absolute atomic E-state index is 0.156. The molecule has 0 saturated carbocycles. The highest BCUT2D eigenvalue weighted by Crippen LogP contribution is 2.32. The molecule has 0 unspecified atom stereocenters. The highest BCUT2D eigenvalue weighted by molar-refractivity contribution is 6.05. The first-order valence-electron chi connectivity index (χ1n) is 7.36. The van der Waals surface area contributed by atoms with E-state index in [2.05, 4.69) is 5.32 Å². The number of ether oxygens (including phenoxy) is 2. The lowest BCUT2D eigenvalue weighted by molar-refractivity contribution is 0.102. The van der Waals surface area contributed by atoms with Gasteiger partial charge in [0.1, 0.15) is 5.58 Å². The summed E-state index contributed by atoms with van der Waals surface area (Å²) in [5.41, 5.74) is 1.83. The molecule has 0 aliphatic carbocycles. The Morgan fingerprint density at radius 3 is 2.75 bits per heavy atom. The Morgan fingerprint density at radius 2 is 1.88 bits per heavy atom. The number of carbonyl (C=O) groups excluding carboxylic acids is 1. The third-order valence-corrected chi connectivity index (χ3v) is 3.84. The Bertz CT molecular complexity index is 1020. The number of rotatable bonds is 2. The van der Waals surface area contributed by atoms with Gasteiger partial charge in [0.15, 0.2) is 11.5 Å². The number of aryl methyl sites for hydroxylation is 1. The van der Waals surface area contributed by atoms with E-state index in [0.29, 0.717) is 28.3 Å². The number of benzene rings is 2. The van der Waals surface area contributed by atoms with Crippen molar-refractivity contribution in [3.05, 3.63) is 64.0 Å². The van der Waals surface area contributed by atoms with Crippen LogP contribution in [0.4, 0.5) is 5.69 Å². The van der Waals surface area contributed by atoms with Gasteiger partial charge in [-0.3, -0.25) is 4.79 Å². The van der Waals surface area contributed by atoms with Crippen LogP contribution in [0.5, 0.6) is 11.5 Å². The average molecular weight is 323 g/mol. The number of anilines is 1. The van der Waals surface area contributed by atoms with E-state index in [1.807, 2.05) is 13.0 Å². The second-order valence-electron chi connectivity index (χ2n) is 5.48. The van der Waals surface area contributed by atoms with E-state index in [4.69, 9.17) is 13.9 Å². The molecule has 120 valence electrons. The SMILES string of the molecule is Cc1cc(=O)oc2cc(NC(=O)c3ccc4c(c3)OCO4)ccc12. The zero-order valence-corrected chi connectivity index (χ0v) is 12.8. The van der Waals surface area contributed by atoms with E-state index in [0.717, 1.165) is 10.9 Å². The first-order valence-corrected chi connectivity index (χ1v) is 7.36. The quantitative estimate of drug-likeness (QED) is 0.733. The van der Waals surface area contributed by atoms with Gasteiger partial charge in [-0.05, 0) is 42.8 Å². The molecule has 2 heterocycles. The number of carbonyl (C=O) groups is 1. The van der Waals surface area contributed by atoms with Crippen LogP contribution in [0.25, 0.3) is 11.0 Å². The van der Waals surface area contributed by atoms with Crippen LogP contribution in [0.15, 0.2) is 51.7 Å². The lowest BCUT2D eigenvalue weighted by Crippen LogP contribution is -2.11. The fraction of sp³-hybridized carbons (Fsp3) is 0.111. The molecule has 1 aliphatic heterocycles. The van der Waals surface area contributed by atoms with Crippen LogP contribution < -0.4 is 20.4 Å². The van der Waals surface area contributed by atoms with Crippen LogP contribution in [-0.2, 0) is 0 Å². The molecular formula is C18H13NO5. The zero-order valence-electron chi connectivity index (χ0n) is 12.8. The van der Waals surface area contributed by atoms with E-state index < -0.39 is 5.63 Å². The third kappa shape index (κ3) is 2.48. The maximum absolute atomic E-state index is 12.4. The van der Waals surface area contributed by atoms with Crippen molar-refractivity contribution in [2.45, 2.75) is 6.92 Å². The minimum Gasteiger partial charge on any atom is -0.454 e. The second-order valence-corrected chi connectivity index (χ2v) is 5.48. The van der Waals surface area contributed by atoms with Crippen LogP contribution in [0.2, 0.25) is 0 Å². The molecule has 6 nitrogen and oxygen atoms in total. The molecule has 1 amide bonds. The van der Waals surface area contributed by atoms with Crippen molar-refractivity contribution in [1.82, 2.24) is 0 Å². The van der Waals surface area contributed by atoms with Gasteiger partial charge >= 0.3 is 5.63 Å². The van der Waals surface area contributed by atoms with E-state index in [-0.39, 0.29) is 12.7 Å². The van der Waals surface area contributed by atoms with Crippen LogP contribution in [0.3, 0.4) is 0 Å². The molecule has 1 N–H and O–H groups in total. The average Bonchev–Trinajstić information content (AvgIpc) is 3.01. The van der Waals surface area contributed by atoms with Crippen molar-refractivity contribution in [3.8, 4) is 11.5 Å². The van der Waals surface area contributed by atoms with Gasteiger partial charge in [0.05, 0.1) is 0 Å². The molecule has 2 aromatic carbocycles. The van der Waals surface area contributed by atoms with Crippen LogP contribution >= 0.6 is 0 Å². The summed E-state index contributed by atoms with van der Waals surface area (Å²) in [4.78, 5) is 23.9. The summed E-state index contributed by atoms with van der Waals surface area (Å²) in [5, 5.41) is 3.61. The van der Waals surface area contributed by atoms with E-state index in [1.165, 1.54) is 6.07 Å². The van der Waals surface area contributed by atoms with Crippen molar-refractivity contribution < 1.29 is 18.7 Å². The molecular weight excluding hydrogens is 310 g/mol. The normalized spacial score (nSPS) is 12.4. The van der Waals surface area contributed by atoms with Gasteiger partial charge in [-0.1, -0.05) is 0 Å². The first kappa shape index (κ1) is 14.3. The van der Waals surface area contributed by atoms with Gasteiger partial charge < -0.3 is 19.2 Å². The molecule has 0 radical (unpaired) electrons. The van der Waals surface area contributed by atoms with Gasteiger partial charge in [0, 0.05) is 28.8 Å². The maximum Gasteiger partial charge on any atom is 0.336 e. The smallest absolute Gasteiger partial charge is 0.336 e. The monoisotopic (exact) mass is 323 g/mol. The minimum atomic E-state index is -0.417. The van der Waals surface area contributed by atoms with Crippen LogP contribution in [0.1, 0.15) is 15.9 Å². The lowest BCUT2D eigenvalue weighted by Gasteiger charge is -2.07. The predicted molar refractivity (Wildman–Crippen MR) is 87.7 cm³/mol. The fourth-order valence-electron chi connectivity index (χ4n) is 2.64. The van der Waals surface area contributed by atoms with Gasteiger partial charge in [-0.2, -0.15) is 0 Å². The molecule has 6 heteroatoms. The Hall–Kier alpha value is -3.28. The highest BCUT2D eigenvalue weighted by atomic mass is 16.7. The summed E-state index contributed by atoms with van der Waals surface area (Å²) in [6, 6.07) is 11.6. The number of hydrogen-bond acceptors (Lipinski definition) is 5. The molecule has 0 bridgehead atoms. The molecule has 0 atom stereocenters. The molecule has 1 aliphatic rings. The van der Waals surface area contributed by atoms with Crippen molar-refractivity contribution >= 4 is 22.6 Å². The maximum atomic E-state index is 12.4. The zero-order chi connectivity index (χ0) is 16.7. The molecule has 1 aromatic heterocycles. The van der Waals surface area contributed by atoms with Crippen LogP contribution in [0, 0.1) is 6.92 Å². The molecule has 24 heavy (non-hydrogen) atoms. The summed E-state index contributed by atoms with van der Waals surface area (Å²) in [7, 11) is 0. The van der Waals surface area contributed by atoms with Crippen molar-refractivity contribution in [1.29, 1.82) is 0 Å². The van der Waals surface area contributed by atoms with Crippen LogP contribution in [-0.4, -0.2) is 12.7 Å². The summed E-state index contributed by atoms with van der Waals surface area (Å²) in [5.74, 6) is 0.875. The number of fused-ring (bicyclic) bond motifs is 2. The fourth-order valence-corrected chi connectivity index (χ4v) is 2.64. The van der Waals surface area contributed by atoms with Gasteiger partial charge in [-0.25, -0.2) is 4.79 Å². The van der Waals surface area contributed by atoms with Crippen molar-refractivity contribution in [3.63, 3.8) is 0 Å². The van der Waals surface area contributed by atoms with E-state index in [1.54, 1.807) is 30.3 Å². The topological polar surface area (TPSA) is 77.8 Å². The third-order valence-electron chi connectivity index (χ3n) is 3.84. The summed E-state index contributed by atoms with van der Waals surface area (Å²) in [6.45, 7) is 1.99.